The third-order valence-electron chi connectivity index (χ3n) is 3.49. The summed E-state index contributed by atoms with van der Waals surface area (Å²) in [7, 11) is 2.60. The number of hydrogen-bond acceptors (Lipinski definition) is 5. The number of aromatic carboxylic acids is 1. The van der Waals surface area contributed by atoms with Crippen molar-refractivity contribution in [1.29, 1.82) is 0 Å². The van der Waals surface area contributed by atoms with E-state index in [1.54, 1.807) is 4.57 Å². The number of hydrogen-bond donors (Lipinski definition) is 3. The monoisotopic (exact) mass is 367 g/mol. The Balaban J connectivity index is 0.000000970. The number of aryl methyl sites for hydroxylation is 1. The molecule has 0 amide bonds. The molecule has 0 aliphatic rings. The van der Waals surface area contributed by atoms with Gasteiger partial charge < -0.3 is 24.8 Å². The summed E-state index contributed by atoms with van der Waals surface area (Å²) in [6, 6.07) is 3.79. The van der Waals surface area contributed by atoms with Crippen molar-refractivity contribution in [3.63, 3.8) is 0 Å². The topological polar surface area (TPSA) is 96.6 Å². The van der Waals surface area contributed by atoms with Crippen LogP contribution in [-0.2, 0) is 11.5 Å². The normalized spacial score (nSPS) is 11.3. The molecule has 1 heterocycles. The maximum atomic E-state index is 11.1. The number of aromatic nitrogens is 2. The Morgan fingerprint density at radius 3 is 2.44 bits per heavy atom. The van der Waals surface area contributed by atoms with Crippen LogP contribution in [0.5, 0.6) is 5.75 Å². The average Bonchev–Trinajstić information content (AvgIpc) is 2.80. The molecule has 1 aromatic carbocycles. The van der Waals surface area contributed by atoms with Gasteiger partial charge in [0.05, 0.1) is 11.1 Å². The summed E-state index contributed by atoms with van der Waals surface area (Å²) in [4.78, 5) is 15.4. The summed E-state index contributed by atoms with van der Waals surface area (Å²) in [5.74, 6) is -0.526. The summed E-state index contributed by atoms with van der Waals surface area (Å²) in [6.07, 6.45) is 0. The highest BCUT2D eigenvalue weighted by molar-refractivity contribution is 6.76. The van der Waals surface area contributed by atoms with E-state index >= 15 is 0 Å². The van der Waals surface area contributed by atoms with Crippen molar-refractivity contribution in [3.05, 3.63) is 23.5 Å². The van der Waals surface area contributed by atoms with Crippen LogP contribution in [0.3, 0.4) is 0 Å². The molecule has 0 unspecified atom stereocenters. The molecule has 0 fully saturated rings. The highest BCUT2D eigenvalue weighted by atomic mass is 28.3. The zero-order chi connectivity index (χ0) is 19.2. The van der Waals surface area contributed by atoms with Gasteiger partial charge in [0.1, 0.15) is 23.8 Å². The lowest BCUT2D eigenvalue weighted by atomic mass is 10.2. The molecule has 3 N–H and O–H groups in total. The number of rotatable bonds is 6. The second-order valence-electron chi connectivity index (χ2n) is 7.10. The molecule has 140 valence electrons. The van der Waals surface area contributed by atoms with Gasteiger partial charge in [-0.15, -0.1) is 0 Å². The first-order valence-corrected chi connectivity index (χ1v) is 11.9. The molecule has 1 aromatic heterocycles. The standard InChI is InChI=1S/C15H22N2O4Si.C2H7N/c1-10-16-14-12(7-11(15(19)20)8-13(14)18)17(10)9-21-5-6-22(2,3)4;1-3-2/h7-8,18H,5-6,9H2,1-4H3,(H,19,20);3H,1-2H3. The largest absolute Gasteiger partial charge is 0.506 e. The molecule has 7 nitrogen and oxygen atoms in total. The predicted octanol–water partition coefficient (Wildman–Crippen LogP) is 2.90. The van der Waals surface area contributed by atoms with Crippen LogP contribution in [0.2, 0.25) is 25.7 Å². The minimum absolute atomic E-state index is 0.0354. The van der Waals surface area contributed by atoms with Gasteiger partial charge >= 0.3 is 5.97 Å². The van der Waals surface area contributed by atoms with E-state index < -0.39 is 14.0 Å². The van der Waals surface area contributed by atoms with Crippen molar-refractivity contribution >= 4 is 25.1 Å². The molecule has 0 aliphatic heterocycles. The van der Waals surface area contributed by atoms with E-state index in [-0.39, 0.29) is 11.3 Å². The fourth-order valence-electron chi connectivity index (χ4n) is 2.14. The van der Waals surface area contributed by atoms with Crippen molar-refractivity contribution in [2.24, 2.45) is 0 Å². The second-order valence-corrected chi connectivity index (χ2v) is 12.7. The second kappa shape index (κ2) is 8.98. The molecule has 0 atom stereocenters. The molecule has 2 rings (SSSR count). The predicted molar refractivity (Wildman–Crippen MR) is 102 cm³/mol. The molecule has 0 spiro atoms. The van der Waals surface area contributed by atoms with E-state index in [1.165, 1.54) is 12.1 Å². The number of nitrogens with zero attached hydrogens (tertiary/aromatic N) is 2. The highest BCUT2D eigenvalue weighted by Crippen LogP contribution is 2.27. The van der Waals surface area contributed by atoms with Crippen LogP contribution in [-0.4, -0.2) is 54.5 Å². The molecule has 0 radical (unpaired) electrons. The first kappa shape index (κ1) is 21.1. The number of phenols is 1. The van der Waals surface area contributed by atoms with E-state index in [1.807, 2.05) is 21.0 Å². The van der Waals surface area contributed by atoms with Crippen LogP contribution < -0.4 is 5.32 Å². The number of aromatic hydroxyl groups is 1. The molecule has 0 aliphatic carbocycles. The first-order chi connectivity index (χ1) is 11.6. The molecule has 0 bridgehead atoms. The quantitative estimate of drug-likeness (QED) is 0.537. The number of carboxylic acids is 1. The van der Waals surface area contributed by atoms with Crippen LogP contribution in [0, 0.1) is 6.92 Å². The summed E-state index contributed by atoms with van der Waals surface area (Å²) in [5.41, 5.74) is 1.01. The molecular formula is C17H29N3O4Si. The number of carbonyl (C=O) groups is 1. The number of ether oxygens (including phenoxy) is 1. The van der Waals surface area contributed by atoms with Gasteiger partial charge in [0.25, 0.3) is 0 Å². The number of imidazole rings is 1. The SMILES string of the molecule is CNC.Cc1nc2c(O)cc(C(=O)O)cc2n1COCC[Si](C)(C)C. The van der Waals surface area contributed by atoms with E-state index in [0.717, 1.165) is 6.04 Å². The number of benzene rings is 1. The lowest BCUT2D eigenvalue weighted by Gasteiger charge is -2.16. The van der Waals surface area contributed by atoms with Crippen LogP contribution in [0.15, 0.2) is 12.1 Å². The Hall–Kier alpha value is -1.90. The van der Waals surface area contributed by atoms with Crippen LogP contribution in [0.25, 0.3) is 11.0 Å². The molecular weight excluding hydrogens is 338 g/mol. The number of carboxylic acid groups (broad SMARTS) is 1. The summed E-state index contributed by atoms with van der Waals surface area (Å²) >= 11 is 0. The lowest BCUT2D eigenvalue weighted by Crippen LogP contribution is -2.22. The summed E-state index contributed by atoms with van der Waals surface area (Å²) < 4.78 is 7.50. The number of fused-ring (bicyclic) bond motifs is 1. The zero-order valence-electron chi connectivity index (χ0n) is 15.9. The van der Waals surface area contributed by atoms with Gasteiger partial charge in [-0.25, -0.2) is 9.78 Å². The Bertz CT molecular complexity index is 723. The van der Waals surface area contributed by atoms with Crippen molar-refractivity contribution < 1.29 is 19.7 Å². The molecule has 8 heteroatoms. The van der Waals surface area contributed by atoms with E-state index in [0.29, 0.717) is 30.2 Å². The number of phenolic OH excluding ortho intramolecular Hbond substituents is 1. The van der Waals surface area contributed by atoms with Crippen LogP contribution >= 0.6 is 0 Å². The van der Waals surface area contributed by atoms with E-state index in [2.05, 4.69) is 29.9 Å². The van der Waals surface area contributed by atoms with Crippen molar-refractivity contribution in [1.82, 2.24) is 14.9 Å². The maximum absolute atomic E-state index is 11.1. The Morgan fingerprint density at radius 2 is 1.92 bits per heavy atom. The van der Waals surface area contributed by atoms with E-state index in [4.69, 9.17) is 9.84 Å². The number of nitrogens with one attached hydrogen (secondary N) is 1. The van der Waals surface area contributed by atoms with Gasteiger partial charge in [-0.3, -0.25) is 0 Å². The average molecular weight is 368 g/mol. The van der Waals surface area contributed by atoms with E-state index in [9.17, 15) is 9.90 Å². The summed E-state index contributed by atoms with van der Waals surface area (Å²) in [6.45, 7) is 9.62. The highest BCUT2D eigenvalue weighted by Gasteiger charge is 2.16. The van der Waals surface area contributed by atoms with Gasteiger partial charge in [0.2, 0.25) is 0 Å². The third kappa shape index (κ3) is 6.15. The molecule has 0 saturated heterocycles. The van der Waals surface area contributed by atoms with Crippen molar-refractivity contribution in [2.45, 2.75) is 39.3 Å². The van der Waals surface area contributed by atoms with Crippen LogP contribution in [0.1, 0.15) is 16.2 Å². The van der Waals surface area contributed by atoms with Gasteiger partial charge in [0, 0.05) is 14.7 Å². The van der Waals surface area contributed by atoms with Gasteiger partial charge in [-0.05, 0) is 39.2 Å². The minimum atomic E-state index is -1.15. The van der Waals surface area contributed by atoms with Gasteiger partial charge in [0.15, 0.2) is 0 Å². The minimum Gasteiger partial charge on any atom is -0.506 e. The first-order valence-electron chi connectivity index (χ1n) is 8.20. The maximum Gasteiger partial charge on any atom is 0.335 e. The van der Waals surface area contributed by atoms with Gasteiger partial charge in [-0.1, -0.05) is 19.6 Å². The van der Waals surface area contributed by atoms with Crippen molar-refractivity contribution in [3.8, 4) is 5.75 Å². The zero-order valence-corrected chi connectivity index (χ0v) is 16.9. The Kier molecular flexibility index (Phi) is 7.59. The Labute approximate surface area is 149 Å². The Morgan fingerprint density at radius 1 is 1.32 bits per heavy atom. The van der Waals surface area contributed by atoms with Crippen LogP contribution in [0.4, 0.5) is 0 Å². The molecule has 0 saturated carbocycles. The third-order valence-corrected chi connectivity index (χ3v) is 5.19. The van der Waals surface area contributed by atoms with Crippen molar-refractivity contribution in [2.75, 3.05) is 20.7 Å². The summed E-state index contributed by atoms with van der Waals surface area (Å²) in [5, 5.41) is 21.8. The smallest absolute Gasteiger partial charge is 0.335 e. The fourth-order valence-corrected chi connectivity index (χ4v) is 2.90. The molecule has 2 aromatic rings. The lowest BCUT2D eigenvalue weighted by molar-refractivity contribution is 0.0696. The fraction of sp³-hybridized carbons (Fsp3) is 0.529. The molecule has 25 heavy (non-hydrogen) atoms. The van der Waals surface area contributed by atoms with Gasteiger partial charge in [-0.2, -0.15) is 0 Å².